The Morgan fingerprint density at radius 3 is 2.33 bits per heavy atom. The SMILES string of the molecule is Nc1ccccc1C(=O)NCCNC(=O)c1cc2ccccc2o1. The lowest BCUT2D eigenvalue weighted by Crippen LogP contribution is -2.34. The van der Waals surface area contributed by atoms with E-state index < -0.39 is 0 Å². The van der Waals surface area contributed by atoms with Crippen molar-refractivity contribution < 1.29 is 14.0 Å². The van der Waals surface area contributed by atoms with Gasteiger partial charge in [0.2, 0.25) is 0 Å². The van der Waals surface area contributed by atoms with Crippen molar-refractivity contribution in [3.8, 4) is 0 Å². The van der Waals surface area contributed by atoms with Gasteiger partial charge in [0.15, 0.2) is 5.76 Å². The van der Waals surface area contributed by atoms with Gasteiger partial charge in [-0.05, 0) is 24.3 Å². The maximum Gasteiger partial charge on any atom is 0.287 e. The number of carbonyl (C=O) groups is 2. The first-order valence-corrected chi connectivity index (χ1v) is 7.54. The van der Waals surface area contributed by atoms with E-state index in [1.54, 1.807) is 36.4 Å². The van der Waals surface area contributed by atoms with Gasteiger partial charge in [-0.25, -0.2) is 0 Å². The molecule has 2 amide bonds. The molecule has 0 aliphatic carbocycles. The number of hydrogen-bond donors (Lipinski definition) is 3. The molecule has 122 valence electrons. The summed E-state index contributed by atoms with van der Waals surface area (Å²) in [5.41, 5.74) is 7.24. The van der Waals surface area contributed by atoms with Crippen LogP contribution >= 0.6 is 0 Å². The Labute approximate surface area is 138 Å². The molecule has 0 radical (unpaired) electrons. The Balaban J connectivity index is 1.50. The van der Waals surface area contributed by atoms with Crippen LogP contribution in [-0.2, 0) is 0 Å². The maximum atomic E-state index is 12.0. The monoisotopic (exact) mass is 323 g/mol. The van der Waals surface area contributed by atoms with Gasteiger partial charge >= 0.3 is 0 Å². The smallest absolute Gasteiger partial charge is 0.287 e. The van der Waals surface area contributed by atoms with Gasteiger partial charge < -0.3 is 20.8 Å². The first kappa shape index (κ1) is 15.6. The molecular weight excluding hydrogens is 306 g/mol. The van der Waals surface area contributed by atoms with Crippen molar-refractivity contribution in [1.29, 1.82) is 0 Å². The second-order valence-electron chi connectivity index (χ2n) is 5.25. The lowest BCUT2D eigenvalue weighted by molar-refractivity contribution is 0.0912. The number of nitrogen functional groups attached to an aromatic ring is 1. The van der Waals surface area contributed by atoms with Crippen molar-refractivity contribution in [2.24, 2.45) is 0 Å². The number of fused-ring (bicyclic) bond motifs is 1. The fraction of sp³-hybridized carbons (Fsp3) is 0.111. The zero-order chi connectivity index (χ0) is 16.9. The minimum atomic E-state index is -0.320. The third kappa shape index (κ3) is 3.38. The minimum Gasteiger partial charge on any atom is -0.451 e. The standard InChI is InChI=1S/C18H17N3O3/c19-14-7-3-2-6-13(14)17(22)20-9-10-21-18(23)16-11-12-5-1-4-8-15(12)24-16/h1-8,11H,9-10,19H2,(H,20,22)(H,21,23). The third-order valence-corrected chi connectivity index (χ3v) is 3.55. The Kier molecular flexibility index (Phi) is 4.47. The van der Waals surface area contributed by atoms with E-state index in [-0.39, 0.29) is 24.1 Å². The average molecular weight is 323 g/mol. The molecule has 0 bridgehead atoms. The molecule has 6 nitrogen and oxygen atoms in total. The van der Waals surface area contributed by atoms with Crippen molar-refractivity contribution in [1.82, 2.24) is 10.6 Å². The number of carbonyl (C=O) groups excluding carboxylic acids is 2. The van der Waals surface area contributed by atoms with Crippen LogP contribution in [-0.4, -0.2) is 24.9 Å². The van der Waals surface area contributed by atoms with E-state index in [9.17, 15) is 9.59 Å². The molecule has 0 aliphatic rings. The lowest BCUT2D eigenvalue weighted by Gasteiger charge is -2.07. The van der Waals surface area contributed by atoms with Crippen molar-refractivity contribution in [2.45, 2.75) is 0 Å². The van der Waals surface area contributed by atoms with Crippen LogP contribution in [0.1, 0.15) is 20.9 Å². The first-order valence-electron chi connectivity index (χ1n) is 7.54. The second-order valence-corrected chi connectivity index (χ2v) is 5.25. The van der Waals surface area contributed by atoms with Crippen LogP contribution in [0.5, 0.6) is 0 Å². The molecule has 3 aromatic rings. The average Bonchev–Trinajstić information content (AvgIpc) is 3.03. The molecule has 0 unspecified atom stereocenters. The highest BCUT2D eigenvalue weighted by Gasteiger charge is 2.12. The summed E-state index contributed by atoms with van der Waals surface area (Å²) in [5, 5.41) is 6.28. The van der Waals surface area contributed by atoms with Crippen molar-refractivity contribution in [3.63, 3.8) is 0 Å². The number of benzene rings is 2. The van der Waals surface area contributed by atoms with Crippen LogP contribution in [0.4, 0.5) is 5.69 Å². The van der Waals surface area contributed by atoms with Crippen molar-refractivity contribution >= 4 is 28.5 Å². The van der Waals surface area contributed by atoms with Crippen LogP contribution < -0.4 is 16.4 Å². The molecule has 3 rings (SSSR count). The largest absolute Gasteiger partial charge is 0.451 e. The normalized spacial score (nSPS) is 10.5. The molecule has 0 aliphatic heterocycles. The van der Waals surface area contributed by atoms with Gasteiger partial charge in [0.05, 0.1) is 5.56 Å². The predicted octanol–water partition coefficient (Wildman–Crippen LogP) is 2.17. The minimum absolute atomic E-state index is 0.245. The van der Waals surface area contributed by atoms with E-state index in [1.807, 2.05) is 18.2 Å². The number of nitrogens with two attached hydrogens (primary N) is 1. The quantitative estimate of drug-likeness (QED) is 0.495. The zero-order valence-electron chi connectivity index (χ0n) is 12.9. The molecule has 0 saturated heterocycles. The summed E-state index contributed by atoms with van der Waals surface area (Å²) in [5.74, 6) is -0.347. The van der Waals surface area contributed by atoms with E-state index in [0.717, 1.165) is 5.39 Å². The zero-order valence-corrected chi connectivity index (χ0v) is 12.9. The van der Waals surface area contributed by atoms with Gasteiger partial charge in [0.25, 0.3) is 11.8 Å². The van der Waals surface area contributed by atoms with Crippen molar-refractivity contribution in [3.05, 3.63) is 65.9 Å². The van der Waals surface area contributed by atoms with Crippen LogP contribution in [0.15, 0.2) is 59.0 Å². The van der Waals surface area contributed by atoms with Crippen LogP contribution in [0.2, 0.25) is 0 Å². The van der Waals surface area contributed by atoms with Gasteiger partial charge in [-0.2, -0.15) is 0 Å². The Hall–Kier alpha value is -3.28. The number of furan rings is 1. The molecule has 0 fully saturated rings. The van der Waals surface area contributed by atoms with Gasteiger partial charge in [-0.1, -0.05) is 30.3 Å². The topological polar surface area (TPSA) is 97.4 Å². The Morgan fingerprint density at radius 1 is 0.917 bits per heavy atom. The van der Waals surface area contributed by atoms with Gasteiger partial charge in [0.1, 0.15) is 5.58 Å². The highest BCUT2D eigenvalue weighted by atomic mass is 16.3. The second kappa shape index (κ2) is 6.87. The summed E-state index contributed by atoms with van der Waals surface area (Å²) in [6.45, 7) is 0.577. The number of rotatable bonds is 5. The molecule has 1 aromatic heterocycles. The van der Waals surface area contributed by atoms with Gasteiger partial charge in [0, 0.05) is 24.2 Å². The number of anilines is 1. The molecule has 24 heavy (non-hydrogen) atoms. The number of amides is 2. The molecule has 0 spiro atoms. The Morgan fingerprint density at radius 2 is 1.58 bits per heavy atom. The number of para-hydroxylation sites is 2. The number of hydrogen-bond acceptors (Lipinski definition) is 4. The predicted molar refractivity (Wildman–Crippen MR) is 91.7 cm³/mol. The summed E-state index contributed by atoms with van der Waals surface area (Å²) in [7, 11) is 0. The molecule has 4 N–H and O–H groups in total. The van der Waals surface area contributed by atoms with Crippen LogP contribution in [0, 0.1) is 0 Å². The lowest BCUT2D eigenvalue weighted by atomic mass is 10.1. The third-order valence-electron chi connectivity index (χ3n) is 3.55. The number of nitrogens with one attached hydrogen (secondary N) is 2. The summed E-state index contributed by atoms with van der Waals surface area (Å²) in [4.78, 5) is 24.0. The fourth-order valence-corrected chi connectivity index (χ4v) is 2.33. The molecule has 6 heteroatoms. The van der Waals surface area contributed by atoms with E-state index in [0.29, 0.717) is 23.4 Å². The highest BCUT2D eigenvalue weighted by Crippen LogP contribution is 2.18. The summed E-state index contributed by atoms with van der Waals surface area (Å²) in [6, 6.07) is 15.9. The van der Waals surface area contributed by atoms with Crippen LogP contribution in [0.25, 0.3) is 11.0 Å². The maximum absolute atomic E-state index is 12.0. The van der Waals surface area contributed by atoms with Gasteiger partial charge in [-0.15, -0.1) is 0 Å². The van der Waals surface area contributed by atoms with E-state index in [1.165, 1.54) is 0 Å². The summed E-state index contributed by atoms with van der Waals surface area (Å²) in [6.07, 6.45) is 0. The molecule has 2 aromatic carbocycles. The van der Waals surface area contributed by atoms with Gasteiger partial charge in [-0.3, -0.25) is 9.59 Å². The van der Waals surface area contributed by atoms with E-state index in [2.05, 4.69) is 10.6 Å². The molecule has 0 saturated carbocycles. The molecular formula is C18H17N3O3. The Bertz CT molecular complexity index is 853. The molecule has 0 atom stereocenters. The highest BCUT2D eigenvalue weighted by molar-refractivity contribution is 5.99. The fourth-order valence-electron chi connectivity index (χ4n) is 2.33. The first-order chi connectivity index (χ1) is 11.6. The summed E-state index contributed by atoms with van der Waals surface area (Å²) >= 11 is 0. The van der Waals surface area contributed by atoms with Crippen LogP contribution in [0.3, 0.4) is 0 Å². The molecule has 1 heterocycles. The van der Waals surface area contributed by atoms with E-state index >= 15 is 0 Å². The van der Waals surface area contributed by atoms with Crippen molar-refractivity contribution in [2.75, 3.05) is 18.8 Å². The van der Waals surface area contributed by atoms with E-state index in [4.69, 9.17) is 10.2 Å². The summed E-state index contributed by atoms with van der Waals surface area (Å²) < 4.78 is 5.48.